The monoisotopic (exact) mass is 336 g/mol. The molecule has 0 aliphatic rings. The van der Waals surface area contributed by atoms with Crippen molar-refractivity contribution in [3.8, 4) is 11.3 Å². The third-order valence-electron chi connectivity index (χ3n) is 3.21. The lowest BCUT2D eigenvalue weighted by Gasteiger charge is -2.01. The van der Waals surface area contributed by atoms with Crippen LogP contribution in [0, 0.1) is 10.1 Å². The Kier molecular flexibility index (Phi) is 4.56. The number of nitro groups is 1. The highest BCUT2D eigenvalue weighted by molar-refractivity contribution is 5.81. The highest BCUT2D eigenvalue weighted by Gasteiger charge is 2.07. The number of nitro benzene ring substituents is 1. The summed E-state index contributed by atoms with van der Waals surface area (Å²) in [6.45, 7) is 0. The minimum Gasteiger partial charge on any atom is -0.288 e. The summed E-state index contributed by atoms with van der Waals surface area (Å²) < 4.78 is 0. The molecular formula is C16H12N6O3. The van der Waals surface area contributed by atoms with Crippen molar-refractivity contribution in [3.63, 3.8) is 0 Å². The molecule has 1 heterocycles. The van der Waals surface area contributed by atoms with Crippen molar-refractivity contribution < 1.29 is 4.92 Å². The number of non-ortho nitro benzene ring substituents is 1. The van der Waals surface area contributed by atoms with Gasteiger partial charge in [-0.1, -0.05) is 42.5 Å². The van der Waals surface area contributed by atoms with Crippen molar-refractivity contribution in [2.75, 3.05) is 5.43 Å². The van der Waals surface area contributed by atoms with E-state index in [9.17, 15) is 14.9 Å². The molecule has 0 spiro atoms. The van der Waals surface area contributed by atoms with Gasteiger partial charge >= 0.3 is 0 Å². The first kappa shape index (κ1) is 16.0. The Morgan fingerprint density at radius 2 is 1.92 bits per heavy atom. The molecule has 9 nitrogen and oxygen atoms in total. The van der Waals surface area contributed by atoms with Crippen molar-refractivity contribution in [2.24, 2.45) is 5.10 Å². The zero-order valence-electron chi connectivity index (χ0n) is 12.8. The number of hydrogen-bond acceptors (Lipinski definition) is 7. The van der Waals surface area contributed by atoms with Gasteiger partial charge in [0.15, 0.2) is 5.69 Å². The molecule has 1 aromatic heterocycles. The van der Waals surface area contributed by atoms with Gasteiger partial charge in [0.05, 0.1) is 11.1 Å². The first-order valence-electron chi connectivity index (χ1n) is 7.19. The molecule has 0 saturated carbocycles. The Bertz CT molecular complexity index is 984. The summed E-state index contributed by atoms with van der Waals surface area (Å²) in [7, 11) is 0. The summed E-state index contributed by atoms with van der Waals surface area (Å²) in [6, 6.07) is 14.9. The number of hydrogen-bond donors (Lipinski definition) is 2. The second-order valence-electron chi connectivity index (χ2n) is 4.94. The molecule has 0 radical (unpaired) electrons. The van der Waals surface area contributed by atoms with Crippen LogP contribution in [0.5, 0.6) is 0 Å². The third kappa shape index (κ3) is 3.91. The maximum atomic E-state index is 12.1. The number of nitrogens with one attached hydrogen (secondary N) is 2. The van der Waals surface area contributed by atoms with Gasteiger partial charge in [-0.05, 0) is 0 Å². The number of aromatic amines is 1. The van der Waals surface area contributed by atoms with Gasteiger partial charge in [0.25, 0.3) is 11.2 Å². The molecule has 0 aliphatic heterocycles. The van der Waals surface area contributed by atoms with Gasteiger partial charge in [0.1, 0.15) is 0 Å². The fraction of sp³-hybridized carbons (Fsp3) is 0. The van der Waals surface area contributed by atoms with Crippen LogP contribution in [0.15, 0.2) is 64.5 Å². The van der Waals surface area contributed by atoms with E-state index in [1.165, 1.54) is 18.3 Å². The predicted octanol–water partition coefficient (Wildman–Crippen LogP) is 2.19. The smallest absolute Gasteiger partial charge is 0.279 e. The van der Waals surface area contributed by atoms with E-state index < -0.39 is 10.5 Å². The van der Waals surface area contributed by atoms with E-state index in [0.29, 0.717) is 11.1 Å². The van der Waals surface area contributed by atoms with Gasteiger partial charge in [0, 0.05) is 23.3 Å². The number of aromatic nitrogens is 3. The molecule has 2 aromatic carbocycles. The molecular weight excluding hydrogens is 324 g/mol. The van der Waals surface area contributed by atoms with E-state index in [1.54, 1.807) is 36.4 Å². The fourth-order valence-electron chi connectivity index (χ4n) is 2.06. The Hall–Kier alpha value is -3.88. The Morgan fingerprint density at radius 1 is 1.12 bits per heavy atom. The van der Waals surface area contributed by atoms with E-state index in [0.717, 1.165) is 0 Å². The van der Waals surface area contributed by atoms with Crippen molar-refractivity contribution in [1.82, 2.24) is 15.2 Å². The maximum absolute atomic E-state index is 12.1. The van der Waals surface area contributed by atoms with Gasteiger partial charge in [-0.25, -0.2) is 5.43 Å². The summed E-state index contributed by atoms with van der Waals surface area (Å²) in [6.07, 6.45) is 1.37. The van der Waals surface area contributed by atoms with Crippen LogP contribution in [-0.2, 0) is 0 Å². The molecule has 3 rings (SSSR count). The quantitative estimate of drug-likeness (QED) is 0.418. The van der Waals surface area contributed by atoms with Crippen molar-refractivity contribution >= 4 is 17.9 Å². The lowest BCUT2D eigenvalue weighted by molar-refractivity contribution is -0.384. The standard InChI is InChI=1S/C16H12N6O3/c23-15-14(12-6-2-1-3-7-12)19-21-16(18-15)20-17-10-11-5-4-8-13(9-11)22(24)25/h1-10H,(H2,18,20,21,23)/b17-10+. The Labute approximate surface area is 141 Å². The van der Waals surface area contributed by atoms with E-state index in [4.69, 9.17) is 0 Å². The fourth-order valence-corrected chi connectivity index (χ4v) is 2.06. The maximum Gasteiger partial charge on any atom is 0.279 e. The van der Waals surface area contributed by atoms with Gasteiger partial charge in [-0.15, -0.1) is 10.2 Å². The number of hydrazone groups is 1. The van der Waals surface area contributed by atoms with Gasteiger partial charge in [-0.3, -0.25) is 19.9 Å². The molecule has 25 heavy (non-hydrogen) atoms. The average molecular weight is 336 g/mol. The molecule has 0 amide bonds. The SMILES string of the molecule is O=c1[nH]c(N/N=C/c2cccc([N+](=O)[O-])c2)nnc1-c1ccccc1. The van der Waals surface area contributed by atoms with Crippen LogP contribution in [0.1, 0.15) is 5.56 Å². The van der Waals surface area contributed by atoms with Crippen LogP contribution in [0.25, 0.3) is 11.3 Å². The third-order valence-corrected chi connectivity index (χ3v) is 3.21. The van der Waals surface area contributed by atoms with Crippen LogP contribution in [0.2, 0.25) is 0 Å². The van der Waals surface area contributed by atoms with Crippen LogP contribution in [0.4, 0.5) is 11.6 Å². The second-order valence-corrected chi connectivity index (χ2v) is 4.94. The summed E-state index contributed by atoms with van der Waals surface area (Å²) in [5, 5.41) is 22.4. The largest absolute Gasteiger partial charge is 0.288 e. The van der Waals surface area contributed by atoms with E-state index in [1.807, 2.05) is 6.07 Å². The summed E-state index contributed by atoms with van der Waals surface area (Å²) >= 11 is 0. The van der Waals surface area contributed by atoms with Crippen molar-refractivity contribution in [1.29, 1.82) is 0 Å². The predicted molar refractivity (Wildman–Crippen MR) is 92.4 cm³/mol. The highest BCUT2D eigenvalue weighted by Crippen LogP contribution is 2.12. The first-order chi connectivity index (χ1) is 12.1. The van der Waals surface area contributed by atoms with E-state index in [2.05, 4.69) is 25.7 Å². The average Bonchev–Trinajstić information content (AvgIpc) is 2.63. The zero-order valence-corrected chi connectivity index (χ0v) is 12.8. The minimum atomic E-state index is -0.490. The molecule has 124 valence electrons. The van der Waals surface area contributed by atoms with Crippen LogP contribution < -0.4 is 11.0 Å². The molecule has 0 fully saturated rings. The van der Waals surface area contributed by atoms with Gasteiger partial charge in [0.2, 0.25) is 5.95 Å². The Balaban J connectivity index is 1.74. The molecule has 0 saturated heterocycles. The number of rotatable bonds is 5. The second kappa shape index (κ2) is 7.13. The Morgan fingerprint density at radius 3 is 2.64 bits per heavy atom. The van der Waals surface area contributed by atoms with Crippen molar-refractivity contribution in [3.05, 3.63) is 80.6 Å². The first-order valence-corrected chi connectivity index (χ1v) is 7.19. The van der Waals surface area contributed by atoms with Crippen LogP contribution >= 0.6 is 0 Å². The minimum absolute atomic E-state index is 0.0376. The number of anilines is 1. The van der Waals surface area contributed by atoms with Crippen molar-refractivity contribution in [2.45, 2.75) is 0 Å². The summed E-state index contributed by atoms with van der Waals surface area (Å²) in [5.74, 6) is 0.0614. The number of benzene rings is 2. The van der Waals surface area contributed by atoms with Crippen LogP contribution in [-0.4, -0.2) is 26.3 Å². The summed E-state index contributed by atoms with van der Waals surface area (Å²) in [5.41, 5.74) is 3.47. The molecule has 9 heteroatoms. The lowest BCUT2D eigenvalue weighted by atomic mass is 10.2. The molecule has 0 unspecified atom stereocenters. The zero-order chi connectivity index (χ0) is 17.6. The number of nitrogens with zero attached hydrogens (tertiary/aromatic N) is 4. The van der Waals surface area contributed by atoms with Gasteiger partial charge in [-0.2, -0.15) is 5.10 Å². The lowest BCUT2D eigenvalue weighted by Crippen LogP contribution is -2.15. The number of H-pyrrole nitrogens is 1. The highest BCUT2D eigenvalue weighted by atomic mass is 16.6. The normalized spacial score (nSPS) is 10.7. The topological polar surface area (TPSA) is 126 Å². The molecule has 3 aromatic rings. The summed E-state index contributed by atoms with van der Waals surface area (Å²) in [4.78, 5) is 24.8. The van der Waals surface area contributed by atoms with Gasteiger partial charge < -0.3 is 0 Å². The van der Waals surface area contributed by atoms with E-state index >= 15 is 0 Å². The molecule has 2 N–H and O–H groups in total. The molecule has 0 aliphatic carbocycles. The van der Waals surface area contributed by atoms with Crippen LogP contribution in [0.3, 0.4) is 0 Å². The molecule has 0 bridgehead atoms. The van der Waals surface area contributed by atoms with E-state index in [-0.39, 0.29) is 17.3 Å². The molecule has 0 atom stereocenters.